The van der Waals surface area contributed by atoms with E-state index in [1.54, 1.807) is 29.1 Å². The van der Waals surface area contributed by atoms with Crippen molar-refractivity contribution in [3.8, 4) is 0 Å². The molecule has 2 aromatic heterocycles. The fourth-order valence-corrected chi connectivity index (χ4v) is 3.58. The summed E-state index contributed by atoms with van der Waals surface area (Å²) in [5, 5.41) is 11.8. The standard InChI is InChI=1S/C23H21ClFN5O/c1-15-9-16(2)30(27-15)13-17-5-3-7-19(10-17)23(31)26-22-21(24)14-29(28-22)12-18-6-4-8-20(25)11-18/h3-11,14H,12-13H2,1-2H3,(H,26,28,31). The van der Waals surface area contributed by atoms with E-state index in [1.807, 2.05) is 42.8 Å². The van der Waals surface area contributed by atoms with E-state index in [-0.39, 0.29) is 17.5 Å². The molecule has 0 aliphatic heterocycles. The van der Waals surface area contributed by atoms with Crippen LogP contribution in [0.1, 0.15) is 32.9 Å². The fourth-order valence-electron chi connectivity index (χ4n) is 3.38. The Morgan fingerprint density at radius 1 is 1.03 bits per heavy atom. The van der Waals surface area contributed by atoms with E-state index >= 15 is 0 Å². The van der Waals surface area contributed by atoms with Gasteiger partial charge in [0.1, 0.15) is 10.8 Å². The molecule has 0 bridgehead atoms. The van der Waals surface area contributed by atoms with Crippen LogP contribution in [0.3, 0.4) is 0 Å². The van der Waals surface area contributed by atoms with Crippen LogP contribution in [0.4, 0.5) is 10.2 Å². The predicted molar refractivity (Wildman–Crippen MR) is 118 cm³/mol. The maximum atomic E-state index is 13.4. The molecule has 2 aromatic carbocycles. The summed E-state index contributed by atoms with van der Waals surface area (Å²) in [6.07, 6.45) is 1.60. The Kier molecular flexibility index (Phi) is 5.86. The molecule has 31 heavy (non-hydrogen) atoms. The molecule has 0 saturated carbocycles. The number of anilines is 1. The van der Waals surface area contributed by atoms with Crippen molar-refractivity contribution in [2.24, 2.45) is 0 Å². The molecule has 0 radical (unpaired) electrons. The number of nitrogens with zero attached hydrogens (tertiary/aromatic N) is 4. The highest BCUT2D eigenvalue weighted by molar-refractivity contribution is 6.33. The zero-order valence-corrected chi connectivity index (χ0v) is 17.9. The second kappa shape index (κ2) is 8.73. The Hall–Kier alpha value is -3.45. The smallest absolute Gasteiger partial charge is 0.256 e. The number of hydrogen-bond donors (Lipinski definition) is 1. The predicted octanol–water partition coefficient (Wildman–Crippen LogP) is 4.84. The zero-order valence-electron chi connectivity index (χ0n) is 17.1. The van der Waals surface area contributed by atoms with E-state index < -0.39 is 0 Å². The monoisotopic (exact) mass is 437 g/mol. The Bertz CT molecular complexity index is 1250. The third-order valence-corrected chi connectivity index (χ3v) is 5.08. The van der Waals surface area contributed by atoms with Crippen LogP contribution in [-0.4, -0.2) is 25.5 Å². The average Bonchev–Trinajstić information content (AvgIpc) is 3.22. The van der Waals surface area contributed by atoms with Gasteiger partial charge in [-0.1, -0.05) is 35.9 Å². The number of amides is 1. The summed E-state index contributed by atoms with van der Waals surface area (Å²) < 4.78 is 16.9. The molecule has 6 nitrogen and oxygen atoms in total. The van der Waals surface area contributed by atoms with Gasteiger partial charge in [0.25, 0.3) is 5.91 Å². The van der Waals surface area contributed by atoms with Crippen LogP contribution < -0.4 is 5.32 Å². The normalized spacial score (nSPS) is 11.0. The highest BCUT2D eigenvalue weighted by atomic mass is 35.5. The van der Waals surface area contributed by atoms with Gasteiger partial charge in [0.2, 0.25) is 0 Å². The second-order valence-electron chi connectivity index (χ2n) is 7.39. The van der Waals surface area contributed by atoms with Crippen LogP contribution in [0.25, 0.3) is 0 Å². The fraction of sp³-hybridized carbons (Fsp3) is 0.174. The highest BCUT2D eigenvalue weighted by Crippen LogP contribution is 2.21. The van der Waals surface area contributed by atoms with Gasteiger partial charge in [0.15, 0.2) is 5.82 Å². The van der Waals surface area contributed by atoms with Crippen molar-refractivity contribution in [2.45, 2.75) is 26.9 Å². The molecule has 2 heterocycles. The molecule has 0 fully saturated rings. The van der Waals surface area contributed by atoms with Gasteiger partial charge in [-0.25, -0.2) is 4.39 Å². The average molecular weight is 438 g/mol. The molecule has 1 N–H and O–H groups in total. The van der Waals surface area contributed by atoms with Crippen molar-refractivity contribution < 1.29 is 9.18 Å². The molecule has 8 heteroatoms. The summed E-state index contributed by atoms with van der Waals surface area (Å²) in [6.45, 7) is 4.86. The molecule has 0 saturated heterocycles. The molecule has 158 valence electrons. The van der Waals surface area contributed by atoms with Crippen molar-refractivity contribution in [1.29, 1.82) is 0 Å². The van der Waals surface area contributed by atoms with Gasteiger partial charge in [-0.2, -0.15) is 10.2 Å². The van der Waals surface area contributed by atoms with Gasteiger partial charge in [0.05, 0.1) is 18.8 Å². The van der Waals surface area contributed by atoms with Crippen LogP contribution in [0.2, 0.25) is 5.02 Å². The number of rotatable bonds is 6. The number of aromatic nitrogens is 4. The van der Waals surface area contributed by atoms with Crippen molar-refractivity contribution in [2.75, 3.05) is 5.32 Å². The maximum Gasteiger partial charge on any atom is 0.256 e. The van der Waals surface area contributed by atoms with Crippen molar-refractivity contribution in [1.82, 2.24) is 19.6 Å². The lowest BCUT2D eigenvalue weighted by Gasteiger charge is -2.08. The van der Waals surface area contributed by atoms with Crippen LogP contribution in [0.15, 0.2) is 60.8 Å². The number of halogens is 2. The lowest BCUT2D eigenvalue weighted by atomic mass is 10.1. The van der Waals surface area contributed by atoms with Gasteiger partial charge >= 0.3 is 0 Å². The van der Waals surface area contributed by atoms with Gasteiger partial charge in [0, 0.05) is 17.5 Å². The first-order valence-electron chi connectivity index (χ1n) is 9.76. The van der Waals surface area contributed by atoms with Crippen molar-refractivity contribution in [3.63, 3.8) is 0 Å². The van der Waals surface area contributed by atoms with Crippen LogP contribution in [0.5, 0.6) is 0 Å². The molecule has 0 unspecified atom stereocenters. The molecule has 1 amide bonds. The summed E-state index contributed by atoms with van der Waals surface area (Å²) >= 11 is 6.25. The Morgan fingerprint density at radius 2 is 1.77 bits per heavy atom. The molecule has 0 aliphatic carbocycles. The first-order valence-corrected chi connectivity index (χ1v) is 10.1. The zero-order chi connectivity index (χ0) is 22.0. The number of benzene rings is 2. The first-order chi connectivity index (χ1) is 14.9. The minimum absolute atomic E-state index is 0.256. The Morgan fingerprint density at radius 3 is 2.48 bits per heavy atom. The van der Waals surface area contributed by atoms with Gasteiger partial charge in [-0.15, -0.1) is 0 Å². The van der Waals surface area contributed by atoms with E-state index in [2.05, 4.69) is 15.5 Å². The summed E-state index contributed by atoms with van der Waals surface area (Å²) in [5.74, 6) is -0.371. The van der Waals surface area contributed by atoms with Crippen LogP contribution >= 0.6 is 11.6 Å². The van der Waals surface area contributed by atoms with E-state index in [1.165, 1.54) is 12.1 Å². The van der Waals surface area contributed by atoms with E-state index in [0.29, 0.717) is 23.7 Å². The van der Waals surface area contributed by atoms with Crippen molar-refractivity contribution >= 4 is 23.3 Å². The number of carbonyl (C=O) groups is 1. The Labute approximate surface area is 184 Å². The highest BCUT2D eigenvalue weighted by Gasteiger charge is 2.14. The molecular formula is C23H21ClFN5O. The third kappa shape index (κ3) is 5.00. The largest absolute Gasteiger partial charge is 0.304 e. The quantitative estimate of drug-likeness (QED) is 0.469. The van der Waals surface area contributed by atoms with E-state index in [9.17, 15) is 9.18 Å². The molecule has 0 aliphatic rings. The van der Waals surface area contributed by atoms with Crippen molar-refractivity contribution in [3.05, 3.63) is 99.7 Å². The summed E-state index contributed by atoms with van der Waals surface area (Å²) in [5.41, 5.74) is 4.21. The number of nitrogens with one attached hydrogen (secondary N) is 1. The second-order valence-corrected chi connectivity index (χ2v) is 7.80. The first kappa shape index (κ1) is 20.8. The summed E-state index contributed by atoms with van der Waals surface area (Å²) in [4.78, 5) is 12.8. The topological polar surface area (TPSA) is 64.7 Å². The molecule has 4 aromatic rings. The number of hydrogen-bond acceptors (Lipinski definition) is 3. The lowest BCUT2D eigenvalue weighted by Crippen LogP contribution is -2.14. The minimum atomic E-state index is -0.315. The van der Waals surface area contributed by atoms with Gasteiger partial charge in [-0.3, -0.25) is 14.2 Å². The van der Waals surface area contributed by atoms with Crippen LogP contribution in [-0.2, 0) is 13.1 Å². The molecule has 4 rings (SSSR count). The Balaban J connectivity index is 1.47. The lowest BCUT2D eigenvalue weighted by molar-refractivity contribution is 0.102. The maximum absolute atomic E-state index is 13.4. The molecule has 0 atom stereocenters. The van der Waals surface area contributed by atoms with Crippen LogP contribution in [0, 0.1) is 19.7 Å². The van der Waals surface area contributed by atoms with E-state index in [4.69, 9.17) is 11.6 Å². The molecule has 0 spiro atoms. The third-order valence-electron chi connectivity index (χ3n) is 4.81. The summed E-state index contributed by atoms with van der Waals surface area (Å²) in [7, 11) is 0. The minimum Gasteiger partial charge on any atom is -0.304 e. The number of aryl methyl sites for hydroxylation is 2. The van der Waals surface area contributed by atoms with E-state index in [0.717, 1.165) is 22.5 Å². The van der Waals surface area contributed by atoms with Gasteiger partial charge < -0.3 is 5.32 Å². The number of carbonyl (C=O) groups excluding carboxylic acids is 1. The van der Waals surface area contributed by atoms with Gasteiger partial charge in [-0.05, 0) is 55.3 Å². The SMILES string of the molecule is Cc1cc(C)n(Cc2cccc(C(=O)Nc3nn(Cc4cccc(F)c4)cc3Cl)c2)n1. The molecular weight excluding hydrogens is 417 g/mol. The summed E-state index contributed by atoms with van der Waals surface area (Å²) in [6, 6.07) is 15.6.